The van der Waals surface area contributed by atoms with E-state index in [9.17, 15) is 4.39 Å². The van der Waals surface area contributed by atoms with E-state index in [1.54, 1.807) is 24.5 Å². The molecule has 1 aromatic heterocycles. The Balaban J connectivity index is 2.22. The standard InChI is InChI=1S/C16H18BrFN2O/c1-16(2,3)20-10-11-9-19-7-6-14(11)21-15-8-12(18)4-5-13(15)17/h4-9,20H,10H2,1-3H3. The fourth-order valence-corrected chi connectivity index (χ4v) is 2.01. The van der Waals surface area contributed by atoms with E-state index >= 15 is 0 Å². The molecule has 5 heteroatoms. The Labute approximate surface area is 132 Å². The molecule has 0 aliphatic rings. The van der Waals surface area contributed by atoms with Crippen LogP contribution in [0.25, 0.3) is 0 Å². The van der Waals surface area contributed by atoms with E-state index in [0.717, 1.165) is 5.56 Å². The van der Waals surface area contributed by atoms with Crippen LogP contribution in [0.3, 0.4) is 0 Å². The molecule has 2 rings (SSSR count). The van der Waals surface area contributed by atoms with E-state index in [-0.39, 0.29) is 11.4 Å². The molecule has 2 aromatic rings. The molecule has 0 atom stereocenters. The molecule has 0 spiro atoms. The molecule has 112 valence electrons. The van der Waals surface area contributed by atoms with Gasteiger partial charge in [-0.1, -0.05) is 0 Å². The van der Waals surface area contributed by atoms with Gasteiger partial charge in [-0.25, -0.2) is 4.39 Å². The lowest BCUT2D eigenvalue weighted by atomic mass is 10.1. The third kappa shape index (κ3) is 4.79. The molecule has 0 fully saturated rings. The maximum atomic E-state index is 13.3. The summed E-state index contributed by atoms with van der Waals surface area (Å²) in [5.74, 6) is 0.767. The predicted octanol–water partition coefficient (Wildman–Crippen LogP) is 4.66. The predicted molar refractivity (Wildman–Crippen MR) is 85.0 cm³/mol. The lowest BCUT2D eigenvalue weighted by molar-refractivity contribution is 0.412. The van der Waals surface area contributed by atoms with Crippen molar-refractivity contribution in [2.75, 3.05) is 0 Å². The summed E-state index contributed by atoms with van der Waals surface area (Å²) in [6, 6.07) is 6.13. The van der Waals surface area contributed by atoms with Crippen molar-refractivity contribution < 1.29 is 9.13 Å². The first-order valence-corrected chi connectivity index (χ1v) is 7.45. The zero-order valence-electron chi connectivity index (χ0n) is 12.3. The molecule has 0 aliphatic heterocycles. The molecule has 1 N–H and O–H groups in total. The van der Waals surface area contributed by atoms with Crippen molar-refractivity contribution >= 4 is 15.9 Å². The quantitative estimate of drug-likeness (QED) is 0.868. The highest BCUT2D eigenvalue weighted by Gasteiger charge is 2.12. The summed E-state index contributed by atoms with van der Waals surface area (Å²) in [5, 5.41) is 3.38. The molecular formula is C16H18BrFN2O. The SMILES string of the molecule is CC(C)(C)NCc1cnccc1Oc1cc(F)ccc1Br. The van der Waals surface area contributed by atoms with Gasteiger partial charge in [0.2, 0.25) is 0 Å². The Morgan fingerprint density at radius 2 is 2.00 bits per heavy atom. The van der Waals surface area contributed by atoms with Gasteiger partial charge in [0.25, 0.3) is 0 Å². The van der Waals surface area contributed by atoms with Crippen LogP contribution in [0.2, 0.25) is 0 Å². The molecule has 0 radical (unpaired) electrons. The summed E-state index contributed by atoms with van der Waals surface area (Å²) in [4.78, 5) is 4.12. The van der Waals surface area contributed by atoms with Crippen LogP contribution < -0.4 is 10.1 Å². The highest BCUT2D eigenvalue weighted by atomic mass is 79.9. The minimum atomic E-state index is -0.336. The number of rotatable bonds is 4. The Kier molecular flexibility index (Phi) is 4.96. The molecule has 0 amide bonds. The van der Waals surface area contributed by atoms with Crippen LogP contribution in [0.15, 0.2) is 41.1 Å². The number of halogens is 2. The van der Waals surface area contributed by atoms with E-state index in [0.29, 0.717) is 22.5 Å². The van der Waals surface area contributed by atoms with Gasteiger partial charge < -0.3 is 10.1 Å². The maximum Gasteiger partial charge on any atom is 0.144 e. The molecule has 1 aromatic carbocycles. The summed E-state index contributed by atoms with van der Waals surface area (Å²) in [6.45, 7) is 6.90. The van der Waals surface area contributed by atoms with Crippen molar-refractivity contribution in [2.24, 2.45) is 0 Å². The average Bonchev–Trinajstić information content (AvgIpc) is 2.41. The molecule has 0 saturated carbocycles. The molecular weight excluding hydrogens is 335 g/mol. The number of nitrogens with zero attached hydrogens (tertiary/aromatic N) is 1. The van der Waals surface area contributed by atoms with Gasteiger partial charge in [0.05, 0.1) is 4.47 Å². The van der Waals surface area contributed by atoms with Crippen molar-refractivity contribution in [3.8, 4) is 11.5 Å². The van der Waals surface area contributed by atoms with Gasteiger partial charge in [-0.2, -0.15) is 0 Å². The third-order valence-corrected chi connectivity index (χ3v) is 3.44. The Bertz CT molecular complexity index is 626. The monoisotopic (exact) mass is 352 g/mol. The zero-order valence-corrected chi connectivity index (χ0v) is 13.9. The van der Waals surface area contributed by atoms with Gasteiger partial charge in [-0.3, -0.25) is 4.98 Å². The topological polar surface area (TPSA) is 34.2 Å². The van der Waals surface area contributed by atoms with Gasteiger partial charge in [0, 0.05) is 36.1 Å². The van der Waals surface area contributed by atoms with E-state index in [4.69, 9.17) is 4.74 Å². The molecule has 0 aliphatic carbocycles. The summed E-state index contributed by atoms with van der Waals surface area (Å²) < 4.78 is 19.9. The fourth-order valence-electron chi connectivity index (χ4n) is 1.68. The first-order valence-electron chi connectivity index (χ1n) is 6.66. The van der Waals surface area contributed by atoms with Crippen LogP contribution in [0.1, 0.15) is 26.3 Å². The van der Waals surface area contributed by atoms with Gasteiger partial charge in [-0.05, 0) is 54.9 Å². The molecule has 1 heterocycles. The van der Waals surface area contributed by atoms with E-state index in [1.165, 1.54) is 12.1 Å². The molecule has 3 nitrogen and oxygen atoms in total. The van der Waals surface area contributed by atoms with Crippen molar-refractivity contribution in [1.82, 2.24) is 10.3 Å². The van der Waals surface area contributed by atoms with Gasteiger partial charge in [-0.15, -0.1) is 0 Å². The van der Waals surface area contributed by atoms with Crippen LogP contribution in [0, 0.1) is 5.82 Å². The van der Waals surface area contributed by atoms with Crippen LogP contribution in [0.4, 0.5) is 4.39 Å². The van der Waals surface area contributed by atoms with Crippen molar-refractivity contribution in [3.63, 3.8) is 0 Å². The first kappa shape index (κ1) is 15.9. The molecule has 21 heavy (non-hydrogen) atoms. The average molecular weight is 353 g/mol. The smallest absolute Gasteiger partial charge is 0.144 e. The Morgan fingerprint density at radius 1 is 1.24 bits per heavy atom. The van der Waals surface area contributed by atoms with Crippen molar-refractivity contribution in [2.45, 2.75) is 32.9 Å². The van der Waals surface area contributed by atoms with Crippen molar-refractivity contribution in [1.29, 1.82) is 0 Å². The summed E-state index contributed by atoms with van der Waals surface area (Å²) in [5.41, 5.74) is 0.913. The minimum Gasteiger partial charge on any atom is -0.456 e. The van der Waals surface area contributed by atoms with Crippen molar-refractivity contribution in [3.05, 3.63) is 52.5 Å². The second kappa shape index (κ2) is 6.54. The zero-order chi connectivity index (χ0) is 15.5. The van der Waals surface area contributed by atoms with Gasteiger partial charge in [0.1, 0.15) is 17.3 Å². The number of hydrogen-bond donors (Lipinski definition) is 1. The number of pyridine rings is 1. The van der Waals surface area contributed by atoms with Crippen LogP contribution in [-0.2, 0) is 6.54 Å². The largest absolute Gasteiger partial charge is 0.456 e. The number of benzene rings is 1. The third-order valence-electron chi connectivity index (χ3n) is 2.78. The second-order valence-corrected chi connectivity index (χ2v) is 6.62. The molecule has 0 unspecified atom stereocenters. The summed E-state index contributed by atoms with van der Waals surface area (Å²) >= 11 is 3.36. The van der Waals surface area contributed by atoms with Gasteiger partial charge >= 0.3 is 0 Å². The maximum absolute atomic E-state index is 13.3. The minimum absolute atomic E-state index is 0.00739. The molecule has 0 bridgehead atoms. The number of aromatic nitrogens is 1. The Morgan fingerprint density at radius 3 is 2.71 bits per heavy atom. The van der Waals surface area contributed by atoms with Crippen LogP contribution in [-0.4, -0.2) is 10.5 Å². The van der Waals surface area contributed by atoms with Crippen LogP contribution >= 0.6 is 15.9 Å². The highest BCUT2D eigenvalue weighted by Crippen LogP contribution is 2.31. The number of nitrogens with one attached hydrogen (secondary N) is 1. The van der Waals surface area contributed by atoms with E-state index < -0.39 is 0 Å². The van der Waals surface area contributed by atoms with Gasteiger partial charge in [0.15, 0.2) is 0 Å². The highest BCUT2D eigenvalue weighted by molar-refractivity contribution is 9.10. The second-order valence-electron chi connectivity index (χ2n) is 5.76. The lowest BCUT2D eigenvalue weighted by Crippen LogP contribution is -2.35. The number of ether oxygens (including phenoxy) is 1. The fraction of sp³-hybridized carbons (Fsp3) is 0.312. The Hall–Kier alpha value is -1.46. The van der Waals surface area contributed by atoms with E-state index in [2.05, 4.69) is 47.0 Å². The summed E-state index contributed by atoms with van der Waals surface area (Å²) in [7, 11) is 0. The molecule has 0 saturated heterocycles. The number of hydrogen-bond acceptors (Lipinski definition) is 3. The summed E-state index contributed by atoms with van der Waals surface area (Å²) in [6.07, 6.45) is 3.41. The van der Waals surface area contributed by atoms with E-state index in [1.807, 2.05) is 0 Å². The normalized spacial score (nSPS) is 11.5. The lowest BCUT2D eigenvalue weighted by Gasteiger charge is -2.21. The first-order chi connectivity index (χ1) is 9.85. The van der Waals surface area contributed by atoms with Crippen LogP contribution in [0.5, 0.6) is 11.5 Å².